The Morgan fingerprint density at radius 3 is 2.78 bits per heavy atom. The van der Waals surface area contributed by atoms with Crippen molar-refractivity contribution in [2.45, 2.75) is 23.3 Å². The fraction of sp³-hybridized carbons (Fsp3) is 0.308. The molecule has 96 valence electrons. The Kier molecular flexibility index (Phi) is 4.04. The summed E-state index contributed by atoms with van der Waals surface area (Å²) < 4.78 is 15.1. The van der Waals surface area contributed by atoms with E-state index in [0.29, 0.717) is 13.0 Å². The minimum absolute atomic E-state index is 0.219. The van der Waals surface area contributed by atoms with Crippen LogP contribution in [0.5, 0.6) is 0 Å². The summed E-state index contributed by atoms with van der Waals surface area (Å²) in [5.74, 6) is -0.219. The van der Waals surface area contributed by atoms with E-state index < -0.39 is 0 Å². The maximum Gasteiger partial charge on any atom is 0.123 e. The molecule has 18 heavy (non-hydrogen) atoms. The number of benzene rings is 1. The standard InChI is InChI=1S/C13H16FN3S/c1-9-7-13(17(2)16-9)18-12-4-3-11(14)8-10(12)5-6-15/h3-4,7-8H,5-6,15H2,1-2H3. The monoisotopic (exact) mass is 265 g/mol. The minimum Gasteiger partial charge on any atom is -0.330 e. The van der Waals surface area contributed by atoms with Crippen LogP contribution in [0.15, 0.2) is 34.2 Å². The zero-order valence-corrected chi connectivity index (χ0v) is 11.3. The second-order valence-corrected chi connectivity index (χ2v) is 5.20. The van der Waals surface area contributed by atoms with Crippen LogP contribution in [0.1, 0.15) is 11.3 Å². The molecule has 0 fully saturated rings. The molecule has 5 heteroatoms. The van der Waals surface area contributed by atoms with Crippen LogP contribution >= 0.6 is 11.8 Å². The van der Waals surface area contributed by atoms with E-state index in [2.05, 4.69) is 5.10 Å². The maximum absolute atomic E-state index is 13.2. The molecule has 0 aliphatic rings. The maximum atomic E-state index is 13.2. The van der Waals surface area contributed by atoms with E-state index in [1.165, 1.54) is 6.07 Å². The Morgan fingerprint density at radius 2 is 2.17 bits per heavy atom. The predicted molar refractivity (Wildman–Crippen MR) is 71.2 cm³/mol. The molecule has 0 radical (unpaired) electrons. The normalized spacial score (nSPS) is 10.9. The largest absolute Gasteiger partial charge is 0.330 e. The third kappa shape index (κ3) is 2.91. The van der Waals surface area contributed by atoms with Gasteiger partial charge in [0.05, 0.1) is 10.7 Å². The van der Waals surface area contributed by atoms with E-state index in [0.717, 1.165) is 21.2 Å². The Hall–Kier alpha value is -1.33. The smallest absolute Gasteiger partial charge is 0.123 e. The van der Waals surface area contributed by atoms with Gasteiger partial charge in [-0.2, -0.15) is 5.10 Å². The summed E-state index contributed by atoms with van der Waals surface area (Å²) in [5, 5.41) is 5.34. The number of halogens is 1. The van der Waals surface area contributed by atoms with Crippen molar-refractivity contribution in [3.63, 3.8) is 0 Å². The second-order valence-electron chi connectivity index (χ2n) is 4.14. The van der Waals surface area contributed by atoms with Crippen LogP contribution in [-0.4, -0.2) is 16.3 Å². The van der Waals surface area contributed by atoms with E-state index in [-0.39, 0.29) is 5.82 Å². The van der Waals surface area contributed by atoms with Crippen LogP contribution in [0.25, 0.3) is 0 Å². The molecule has 0 unspecified atom stereocenters. The molecule has 0 aliphatic carbocycles. The van der Waals surface area contributed by atoms with Gasteiger partial charge in [0.15, 0.2) is 0 Å². The molecule has 0 saturated carbocycles. The number of aryl methyl sites for hydroxylation is 2. The molecule has 1 heterocycles. The number of hydrogen-bond donors (Lipinski definition) is 1. The first-order valence-corrected chi connectivity index (χ1v) is 6.59. The van der Waals surface area contributed by atoms with Gasteiger partial charge in [-0.15, -0.1) is 0 Å². The first kappa shape index (κ1) is 13.1. The van der Waals surface area contributed by atoms with Gasteiger partial charge >= 0.3 is 0 Å². The highest BCUT2D eigenvalue weighted by Gasteiger charge is 2.09. The minimum atomic E-state index is -0.219. The van der Waals surface area contributed by atoms with E-state index in [9.17, 15) is 4.39 Å². The molecule has 0 amide bonds. The lowest BCUT2D eigenvalue weighted by Gasteiger charge is -2.08. The summed E-state index contributed by atoms with van der Waals surface area (Å²) in [6.45, 7) is 2.47. The molecule has 3 nitrogen and oxygen atoms in total. The van der Waals surface area contributed by atoms with Gasteiger partial charge in [0.2, 0.25) is 0 Å². The van der Waals surface area contributed by atoms with Gasteiger partial charge in [-0.3, -0.25) is 4.68 Å². The van der Waals surface area contributed by atoms with Crippen LogP contribution in [0.2, 0.25) is 0 Å². The summed E-state index contributed by atoms with van der Waals surface area (Å²) >= 11 is 1.59. The molecule has 0 spiro atoms. The lowest BCUT2D eigenvalue weighted by molar-refractivity contribution is 0.623. The number of nitrogens with zero attached hydrogens (tertiary/aromatic N) is 2. The molecule has 2 rings (SSSR count). The predicted octanol–water partition coefficient (Wildman–Crippen LogP) is 2.52. The number of hydrogen-bond acceptors (Lipinski definition) is 3. The van der Waals surface area contributed by atoms with Crippen LogP contribution in [-0.2, 0) is 13.5 Å². The van der Waals surface area contributed by atoms with Crippen molar-refractivity contribution in [3.05, 3.63) is 41.3 Å². The Bertz CT molecular complexity index is 551. The molecule has 0 bridgehead atoms. The lowest BCUT2D eigenvalue weighted by Crippen LogP contribution is -2.04. The fourth-order valence-electron chi connectivity index (χ4n) is 1.79. The van der Waals surface area contributed by atoms with Gasteiger partial charge in [-0.05, 0) is 49.7 Å². The van der Waals surface area contributed by atoms with E-state index in [1.807, 2.05) is 24.7 Å². The van der Waals surface area contributed by atoms with E-state index in [1.54, 1.807) is 23.9 Å². The zero-order valence-electron chi connectivity index (χ0n) is 10.5. The zero-order chi connectivity index (χ0) is 13.1. The summed E-state index contributed by atoms with van der Waals surface area (Å²) in [5.41, 5.74) is 7.48. The van der Waals surface area contributed by atoms with E-state index >= 15 is 0 Å². The highest BCUT2D eigenvalue weighted by molar-refractivity contribution is 7.99. The summed E-state index contributed by atoms with van der Waals surface area (Å²) in [6.07, 6.45) is 0.678. The van der Waals surface area contributed by atoms with Gasteiger partial charge < -0.3 is 5.73 Å². The van der Waals surface area contributed by atoms with Crippen molar-refractivity contribution < 1.29 is 4.39 Å². The molecule has 1 aromatic carbocycles. The van der Waals surface area contributed by atoms with Crippen molar-refractivity contribution in [2.75, 3.05) is 6.54 Å². The van der Waals surface area contributed by atoms with Gasteiger partial charge in [-0.25, -0.2) is 4.39 Å². The second kappa shape index (κ2) is 5.54. The van der Waals surface area contributed by atoms with Crippen LogP contribution in [0, 0.1) is 12.7 Å². The molecule has 0 aliphatic heterocycles. The molecule has 0 atom stereocenters. The highest BCUT2D eigenvalue weighted by atomic mass is 32.2. The van der Waals surface area contributed by atoms with Crippen LogP contribution in [0.3, 0.4) is 0 Å². The first-order chi connectivity index (χ1) is 8.60. The highest BCUT2D eigenvalue weighted by Crippen LogP contribution is 2.31. The average Bonchev–Trinajstić information content (AvgIpc) is 2.62. The van der Waals surface area contributed by atoms with Crippen LogP contribution < -0.4 is 5.73 Å². The van der Waals surface area contributed by atoms with Gasteiger partial charge in [0.25, 0.3) is 0 Å². The van der Waals surface area contributed by atoms with E-state index in [4.69, 9.17) is 5.73 Å². The summed E-state index contributed by atoms with van der Waals surface area (Å²) in [4.78, 5) is 1.03. The van der Waals surface area contributed by atoms with Gasteiger partial charge in [-0.1, -0.05) is 11.8 Å². The number of nitrogens with two attached hydrogens (primary N) is 1. The molecule has 2 N–H and O–H groups in total. The van der Waals surface area contributed by atoms with Crippen molar-refractivity contribution >= 4 is 11.8 Å². The summed E-state index contributed by atoms with van der Waals surface area (Å²) in [7, 11) is 1.90. The molecule has 2 aromatic rings. The quantitative estimate of drug-likeness (QED) is 0.923. The number of aromatic nitrogens is 2. The molecule has 1 aromatic heterocycles. The van der Waals surface area contributed by atoms with Gasteiger partial charge in [0.1, 0.15) is 5.82 Å². The third-order valence-corrected chi connectivity index (χ3v) is 3.82. The molecular formula is C13H16FN3S. The number of rotatable bonds is 4. The van der Waals surface area contributed by atoms with Crippen molar-refractivity contribution in [1.82, 2.24) is 9.78 Å². The fourth-order valence-corrected chi connectivity index (χ4v) is 2.85. The third-order valence-electron chi connectivity index (χ3n) is 2.61. The van der Waals surface area contributed by atoms with Crippen molar-refractivity contribution in [2.24, 2.45) is 12.8 Å². The van der Waals surface area contributed by atoms with Crippen LogP contribution in [0.4, 0.5) is 4.39 Å². The van der Waals surface area contributed by atoms with Crippen molar-refractivity contribution in [1.29, 1.82) is 0 Å². The topological polar surface area (TPSA) is 43.8 Å². The Balaban J connectivity index is 2.30. The molecule has 0 saturated heterocycles. The Labute approximate surface area is 110 Å². The summed E-state index contributed by atoms with van der Waals surface area (Å²) in [6, 6.07) is 6.84. The SMILES string of the molecule is Cc1cc(Sc2ccc(F)cc2CCN)n(C)n1. The van der Waals surface area contributed by atoms with Crippen molar-refractivity contribution in [3.8, 4) is 0 Å². The first-order valence-electron chi connectivity index (χ1n) is 5.77. The molecular weight excluding hydrogens is 249 g/mol. The van der Waals surface area contributed by atoms with Gasteiger partial charge in [0, 0.05) is 11.9 Å². The lowest BCUT2D eigenvalue weighted by atomic mass is 10.1. The average molecular weight is 265 g/mol. The Morgan fingerprint density at radius 1 is 1.39 bits per heavy atom.